The average molecular weight is 346 g/mol. The van der Waals surface area contributed by atoms with Crippen molar-refractivity contribution in [1.29, 1.82) is 0 Å². The number of aromatic nitrogens is 2. The minimum absolute atomic E-state index is 0.0742. The highest BCUT2D eigenvalue weighted by Gasteiger charge is 2.16. The van der Waals surface area contributed by atoms with Crippen LogP contribution < -0.4 is 5.56 Å². The van der Waals surface area contributed by atoms with E-state index < -0.39 is 0 Å². The molecule has 1 N–H and O–H groups in total. The zero-order valence-corrected chi connectivity index (χ0v) is 14.9. The Bertz CT molecular complexity index is 882. The van der Waals surface area contributed by atoms with Crippen LogP contribution >= 0.6 is 23.1 Å². The third-order valence-electron chi connectivity index (χ3n) is 3.58. The highest BCUT2D eigenvalue weighted by molar-refractivity contribution is 7.99. The molecule has 0 spiro atoms. The van der Waals surface area contributed by atoms with Gasteiger partial charge in [0.15, 0.2) is 5.16 Å². The maximum Gasteiger partial charge on any atom is 0.260 e. The highest BCUT2D eigenvalue weighted by Crippen LogP contribution is 2.36. The molecule has 0 unspecified atom stereocenters. The molecule has 0 bridgehead atoms. The first-order valence-corrected chi connectivity index (χ1v) is 9.12. The van der Waals surface area contributed by atoms with Gasteiger partial charge < -0.3 is 9.72 Å². The molecule has 3 aromatic rings. The molecule has 6 heteroatoms. The van der Waals surface area contributed by atoms with Crippen LogP contribution in [0.25, 0.3) is 21.3 Å². The van der Waals surface area contributed by atoms with Crippen molar-refractivity contribution in [2.24, 2.45) is 0 Å². The molecule has 2 aromatic heterocycles. The summed E-state index contributed by atoms with van der Waals surface area (Å²) in [5.74, 6) is 0.764. The van der Waals surface area contributed by atoms with E-state index in [1.165, 1.54) is 17.3 Å². The fourth-order valence-electron chi connectivity index (χ4n) is 2.46. The molecule has 4 nitrogen and oxygen atoms in total. The van der Waals surface area contributed by atoms with Gasteiger partial charge in [-0.3, -0.25) is 4.79 Å². The van der Waals surface area contributed by atoms with Crippen LogP contribution in [0.3, 0.4) is 0 Å². The van der Waals surface area contributed by atoms with Gasteiger partial charge in [0.05, 0.1) is 12.0 Å². The van der Waals surface area contributed by atoms with Crippen LogP contribution in [0, 0.1) is 13.8 Å². The van der Waals surface area contributed by atoms with Crippen LogP contribution in [0.1, 0.15) is 10.4 Å². The number of aromatic amines is 1. The molecule has 120 valence electrons. The van der Waals surface area contributed by atoms with Gasteiger partial charge >= 0.3 is 0 Å². The van der Waals surface area contributed by atoms with Crippen molar-refractivity contribution in [2.45, 2.75) is 19.0 Å². The van der Waals surface area contributed by atoms with Gasteiger partial charge in [-0.05, 0) is 19.4 Å². The molecule has 0 aliphatic heterocycles. The second kappa shape index (κ2) is 6.86. The van der Waals surface area contributed by atoms with E-state index in [0.29, 0.717) is 17.1 Å². The second-order valence-electron chi connectivity index (χ2n) is 5.29. The maximum atomic E-state index is 12.6. The Hall–Kier alpha value is -1.63. The maximum absolute atomic E-state index is 12.6. The first kappa shape index (κ1) is 16.2. The van der Waals surface area contributed by atoms with Crippen molar-refractivity contribution in [2.75, 3.05) is 19.5 Å². The summed E-state index contributed by atoms with van der Waals surface area (Å²) in [6, 6.07) is 8.25. The number of ether oxygens (including phenoxy) is 1. The van der Waals surface area contributed by atoms with E-state index in [9.17, 15) is 4.79 Å². The Morgan fingerprint density at radius 2 is 2.00 bits per heavy atom. The average Bonchev–Trinajstić information content (AvgIpc) is 2.85. The zero-order valence-electron chi connectivity index (χ0n) is 13.3. The first-order chi connectivity index (χ1) is 11.1. The monoisotopic (exact) mass is 346 g/mol. The molecule has 3 rings (SSSR count). The van der Waals surface area contributed by atoms with Gasteiger partial charge in [0.1, 0.15) is 4.83 Å². The fourth-order valence-corrected chi connectivity index (χ4v) is 4.32. The lowest BCUT2D eigenvalue weighted by Crippen LogP contribution is -2.09. The van der Waals surface area contributed by atoms with Crippen LogP contribution in [0.15, 0.2) is 34.2 Å². The second-order valence-corrected chi connectivity index (χ2v) is 7.58. The van der Waals surface area contributed by atoms with Gasteiger partial charge in [0.25, 0.3) is 5.56 Å². The van der Waals surface area contributed by atoms with Crippen molar-refractivity contribution >= 4 is 33.3 Å². The van der Waals surface area contributed by atoms with Crippen LogP contribution in [-0.2, 0) is 4.74 Å². The van der Waals surface area contributed by atoms with E-state index in [2.05, 4.69) is 41.2 Å². The number of methoxy groups -OCH3 is 1. The Kier molecular flexibility index (Phi) is 4.84. The van der Waals surface area contributed by atoms with Crippen molar-refractivity contribution in [3.63, 3.8) is 0 Å². The third-order valence-corrected chi connectivity index (χ3v) is 5.42. The molecule has 2 heterocycles. The molecule has 0 fully saturated rings. The van der Waals surface area contributed by atoms with Gasteiger partial charge in [-0.2, -0.15) is 0 Å². The van der Waals surface area contributed by atoms with Crippen molar-refractivity contribution in [3.8, 4) is 11.1 Å². The molecule has 0 saturated carbocycles. The Balaban J connectivity index is 2.08. The number of nitrogens with one attached hydrogen (secondary N) is 1. The van der Waals surface area contributed by atoms with Crippen LogP contribution in [0.4, 0.5) is 0 Å². The highest BCUT2D eigenvalue weighted by atomic mass is 32.2. The number of hydrogen-bond donors (Lipinski definition) is 1. The SMILES string of the molecule is COCCSc1nc2sc(C)c(-c3ccc(C)cc3)c2c(=O)[nH]1. The van der Waals surface area contributed by atoms with Crippen molar-refractivity contribution < 1.29 is 4.74 Å². The lowest BCUT2D eigenvalue weighted by Gasteiger charge is -2.03. The quantitative estimate of drug-likeness (QED) is 0.431. The number of aryl methyl sites for hydroxylation is 2. The Morgan fingerprint density at radius 1 is 1.26 bits per heavy atom. The largest absolute Gasteiger partial charge is 0.384 e. The molecule has 0 atom stereocenters. The predicted octanol–water partition coefficient (Wildman–Crippen LogP) is 4.01. The zero-order chi connectivity index (χ0) is 16.4. The van der Waals surface area contributed by atoms with E-state index in [4.69, 9.17) is 4.74 Å². The van der Waals surface area contributed by atoms with Gasteiger partial charge in [-0.25, -0.2) is 4.98 Å². The fraction of sp³-hybridized carbons (Fsp3) is 0.294. The summed E-state index contributed by atoms with van der Waals surface area (Å²) in [6.07, 6.45) is 0. The number of H-pyrrole nitrogens is 1. The number of rotatable bonds is 5. The molecule has 0 aliphatic carbocycles. The topological polar surface area (TPSA) is 55.0 Å². The predicted molar refractivity (Wildman–Crippen MR) is 97.8 cm³/mol. The molecule has 23 heavy (non-hydrogen) atoms. The minimum Gasteiger partial charge on any atom is -0.384 e. The summed E-state index contributed by atoms with van der Waals surface area (Å²) in [5.41, 5.74) is 3.18. The molecule has 0 aliphatic rings. The van der Waals surface area contributed by atoms with E-state index in [-0.39, 0.29) is 5.56 Å². The van der Waals surface area contributed by atoms with Gasteiger partial charge in [0.2, 0.25) is 0 Å². The van der Waals surface area contributed by atoms with E-state index in [0.717, 1.165) is 26.6 Å². The number of benzene rings is 1. The smallest absolute Gasteiger partial charge is 0.260 e. The van der Waals surface area contributed by atoms with Crippen LogP contribution in [0.2, 0.25) is 0 Å². The van der Waals surface area contributed by atoms with Crippen molar-refractivity contribution in [3.05, 3.63) is 45.1 Å². The van der Waals surface area contributed by atoms with E-state index >= 15 is 0 Å². The summed E-state index contributed by atoms with van der Waals surface area (Å²) in [6.45, 7) is 4.73. The normalized spacial score (nSPS) is 11.3. The van der Waals surface area contributed by atoms with Crippen molar-refractivity contribution in [1.82, 2.24) is 9.97 Å². The lowest BCUT2D eigenvalue weighted by atomic mass is 10.0. The number of thiophene rings is 1. The minimum atomic E-state index is -0.0742. The summed E-state index contributed by atoms with van der Waals surface area (Å²) in [7, 11) is 1.66. The molecule has 0 amide bonds. The standard InChI is InChI=1S/C17H18N2O2S2/c1-10-4-6-12(7-5-10)13-11(2)23-16-14(13)15(20)18-17(19-16)22-9-8-21-3/h4-7H,8-9H2,1-3H3,(H,18,19,20). The van der Waals surface area contributed by atoms with E-state index in [1.807, 2.05) is 6.92 Å². The number of hydrogen-bond acceptors (Lipinski definition) is 5. The molecule has 0 radical (unpaired) electrons. The van der Waals surface area contributed by atoms with Gasteiger partial charge in [-0.1, -0.05) is 41.6 Å². The summed E-state index contributed by atoms with van der Waals surface area (Å²) in [4.78, 5) is 22.0. The lowest BCUT2D eigenvalue weighted by molar-refractivity contribution is 0.218. The molecule has 1 aromatic carbocycles. The van der Waals surface area contributed by atoms with Gasteiger partial charge in [-0.15, -0.1) is 11.3 Å². The third kappa shape index (κ3) is 3.34. The molecular weight excluding hydrogens is 328 g/mol. The number of thioether (sulfide) groups is 1. The van der Waals surface area contributed by atoms with E-state index in [1.54, 1.807) is 18.4 Å². The molecular formula is C17H18N2O2S2. The number of fused-ring (bicyclic) bond motifs is 1. The molecule has 0 saturated heterocycles. The van der Waals surface area contributed by atoms with Crippen LogP contribution in [0.5, 0.6) is 0 Å². The Morgan fingerprint density at radius 3 is 2.70 bits per heavy atom. The first-order valence-electron chi connectivity index (χ1n) is 7.32. The Labute approximate surface area is 142 Å². The van der Waals surface area contributed by atoms with Gasteiger partial charge in [0, 0.05) is 23.3 Å². The number of nitrogens with zero attached hydrogens (tertiary/aromatic N) is 1. The summed E-state index contributed by atoms with van der Waals surface area (Å²) < 4.78 is 5.03. The summed E-state index contributed by atoms with van der Waals surface area (Å²) >= 11 is 3.07. The summed E-state index contributed by atoms with van der Waals surface area (Å²) in [5, 5.41) is 1.34. The van der Waals surface area contributed by atoms with Crippen LogP contribution in [-0.4, -0.2) is 29.4 Å².